The van der Waals surface area contributed by atoms with Gasteiger partial charge in [0, 0.05) is 0 Å². The molecule has 198 valence electrons. The molecule has 2 atom stereocenters. The van der Waals surface area contributed by atoms with E-state index in [-0.39, 0.29) is 12.2 Å². The molecule has 1 aliphatic rings. The van der Waals surface area contributed by atoms with Crippen LogP contribution < -0.4 is 9.47 Å². The Kier molecular flexibility index (Phi) is 12.5. The monoisotopic (exact) mass is 496 g/mol. The SMILES string of the molecule is CCCCCCCCCCCCOc1ccc(-c2ccc(OCC3OC(=O)OC3CCC)cc2)cc1. The number of hydrogen-bond donors (Lipinski definition) is 0. The minimum Gasteiger partial charge on any atom is -0.494 e. The molecule has 2 aromatic rings. The van der Waals surface area contributed by atoms with Crippen LogP contribution in [0, 0.1) is 0 Å². The minimum atomic E-state index is -0.603. The molecule has 0 N–H and O–H groups in total. The lowest BCUT2D eigenvalue weighted by Gasteiger charge is -2.15. The Morgan fingerprint density at radius 3 is 1.67 bits per heavy atom. The Morgan fingerprint density at radius 2 is 1.11 bits per heavy atom. The van der Waals surface area contributed by atoms with Gasteiger partial charge in [-0.25, -0.2) is 4.79 Å². The zero-order chi connectivity index (χ0) is 25.4. The van der Waals surface area contributed by atoms with Gasteiger partial charge in [-0.15, -0.1) is 0 Å². The molecule has 1 aliphatic heterocycles. The standard InChI is InChI=1S/C31H44O5/c1-3-5-6-7-8-9-10-11-12-13-23-33-27-19-15-25(16-20-27)26-17-21-28(22-18-26)34-24-30-29(14-4-2)35-31(32)36-30/h15-22,29-30H,3-14,23-24H2,1-2H3. The van der Waals surface area contributed by atoms with Gasteiger partial charge in [-0.3, -0.25) is 0 Å². The van der Waals surface area contributed by atoms with Crippen LogP contribution in [0.15, 0.2) is 48.5 Å². The van der Waals surface area contributed by atoms with E-state index in [4.69, 9.17) is 18.9 Å². The molecule has 0 radical (unpaired) electrons. The normalized spacial score (nSPS) is 17.0. The summed E-state index contributed by atoms with van der Waals surface area (Å²) in [6, 6.07) is 16.2. The van der Waals surface area contributed by atoms with Crippen molar-refractivity contribution in [1.29, 1.82) is 0 Å². The molecule has 0 aliphatic carbocycles. The highest BCUT2D eigenvalue weighted by atomic mass is 16.8. The Labute approximate surface area is 217 Å². The molecule has 5 nitrogen and oxygen atoms in total. The first-order valence-electron chi connectivity index (χ1n) is 14.0. The van der Waals surface area contributed by atoms with Gasteiger partial charge in [-0.1, -0.05) is 102 Å². The number of carbonyl (C=O) groups is 1. The number of cyclic esters (lactones) is 2. The van der Waals surface area contributed by atoms with E-state index < -0.39 is 6.16 Å². The molecule has 2 aromatic carbocycles. The van der Waals surface area contributed by atoms with E-state index in [1.807, 2.05) is 36.4 Å². The molecule has 1 saturated heterocycles. The second-order valence-electron chi connectivity index (χ2n) is 9.74. The Morgan fingerprint density at radius 1 is 0.611 bits per heavy atom. The highest BCUT2D eigenvalue weighted by Crippen LogP contribution is 2.26. The van der Waals surface area contributed by atoms with Crippen LogP contribution in [-0.4, -0.2) is 31.6 Å². The molecular weight excluding hydrogens is 452 g/mol. The van der Waals surface area contributed by atoms with Crippen LogP contribution in [0.25, 0.3) is 11.1 Å². The number of carbonyl (C=O) groups excluding carboxylic acids is 1. The molecule has 5 heteroatoms. The van der Waals surface area contributed by atoms with Gasteiger partial charge in [0.2, 0.25) is 0 Å². The quantitative estimate of drug-likeness (QED) is 0.152. The lowest BCUT2D eigenvalue weighted by atomic mass is 10.1. The van der Waals surface area contributed by atoms with Gasteiger partial charge in [-0.2, -0.15) is 0 Å². The molecule has 36 heavy (non-hydrogen) atoms. The first-order valence-corrected chi connectivity index (χ1v) is 14.0. The van der Waals surface area contributed by atoms with Crippen LogP contribution in [0.4, 0.5) is 4.79 Å². The van der Waals surface area contributed by atoms with Gasteiger partial charge >= 0.3 is 6.16 Å². The van der Waals surface area contributed by atoms with E-state index in [9.17, 15) is 4.79 Å². The van der Waals surface area contributed by atoms with Crippen LogP contribution >= 0.6 is 0 Å². The molecule has 2 unspecified atom stereocenters. The van der Waals surface area contributed by atoms with E-state index in [2.05, 4.69) is 26.0 Å². The third-order valence-electron chi connectivity index (χ3n) is 6.71. The predicted molar refractivity (Wildman–Crippen MR) is 145 cm³/mol. The number of hydrogen-bond acceptors (Lipinski definition) is 5. The Hall–Kier alpha value is -2.69. The summed E-state index contributed by atoms with van der Waals surface area (Å²) in [6.45, 7) is 5.40. The average molecular weight is 497 g/mol. The van der Waals surface area contributed by atoms with Crippen molar-refractivity contribution in [2.24, 2.45) is 0 Å². The Balaban J connectivity index is 1.32. The first-order chi connectivity index (χ1) is 17.7. The maximum atomic E-state index is 11.4. The topological polar surface area (TPSA) is 54.0 Å². The van der Waals surface area contributed by atoms with Gasteiger partial charge in [0.05, 0.1) is 6.61 Å². The van der Waals surface area contributed by atoms with Crippen LogP contribution in [0.3, 0.4) is 0 Å². The summed E-state index contributed by atoms with van der Waals surface area (Å²) in [5.41, 5.74) is 2.25. The van der Waals surface area contributed by atoms with Gasteiger partial charge < -0.3 is 18.9 Å². The van der Waals surface area contributed by atoms with Gasteiger partial charge in [-0.05, 0) is 48.2 Å². The molecule has 1 heterocycles. The maximum Gasteiger partial charge on any atom is 0.509 e. The maximum absolute atomic E-state index is 11.4. The van der Waals surface area contributed by atoms with Crippen molar-refractivity contribution in [2.75, 3.05) is 13.2 Å². The van der Waals surface area contributed by atoms with Crippen LogP contribution in [0.2, 0.25) is 0 Å². The number of rotatable bonds is 18. The molecular formula is C31H44O5. The molecule has 0 aromatic heterocycles. The van der Waals surface area contributed by atoms with E-state index in [0.717, 1.165) is 48.5 Å². The lowest BCUT2D eigenvalue weighted by Crippen LogP contribution is -2.28. The van der Waals surface area contributed by atoms with Gasteiger partial charge in [0.25, 0.3) is 0 Å². The zero-order valence-electron chi connectivity index (χ0n) is 22.2. The van der Waals surface area contributed by atoms with Crippen LogP contribution in [-0.2, 0) is 9.47 Å². The molecule has 0 spiro atoms. The highest BCUT2D eigenvalue weighted by Gasteiger charge is 2.36. The third-order valence-corrected chi connectivity index (χ3v) is 6.71. The zero-order valence-corrected chi connectivity index (χ0v) is 22.2. The predicted octanol–water partition coefficient (Wildman–Crippen LogP) is 8.74. The third kappa shape index (κ3) is 9.75. The van der Waals surface area contributed by atoms with Crippen molar-refractivity contribution in [2.45, 2.75) is 103 Å². The molecule has 0 amide bonds. The highest BCUT2D eigenvalue weighted by molar-refractivity contribution is 5.65. The van der Waals surface area contributed by atoms with E-state index in [1.54, 1.807) is 0 Å². The van der Waals surface area contributed by atoms with Crippen molar-refractivity contribution < 1.29 is 23.7 Å². The van der Waals surface area contributed by atoms with E-state index in [0.29, 0.717) is 6.61 Å². The summed E-state index contributed by atoms with van der Waals surface area (Å²) in [4.78, 5) is 11.4. The van der Waals surface area contributed by atoms with Crippen molar-refractivity contribution in [3.05, 3.63) is 48.5 Å². The fraction of sp³-hybridized carbons (Fsp3) is 0.581. The average Bonchev–Trinajstić information content (AvgIpc) is 3.25. The van der Waals surface area contributed by atoms with E-state index >= 15 is 0 Å². The minimum absolute atomic E-state index is 0.229. The summed E-state index contributed by atoms with van der Waals surface area (Å²) < 4.78 is 22.2. The summed E-state index contributed by atoms with van der Waals surface area (Å²) >= 11 is 0. The molecule has 3 rings (SSSR count). The lowest BCUT2D eigenvalue weighted by molar-refractivity contribution is 0.0891. The first kappa shape index (κ1) is 27.9. The van der Waals surface area contributed by atoms with Crippen molar-refractivity contribution in [1.82, 2.24) is 0 Å². The summed E-state index contributed by atoms with van der Waals surface area (Å²) in [5.74, 6) is 1.66. The van der Waals surface area contributed by atoms with Crippen molar-refractivity contribution in [3.63, 3.8) is 0 Å². The summed E-state index contributed by atoms with van der Waals surface area (Å²) in [7, 11) is 0. The molecule has 0 bridgehead atoms. The fourth-order valence-electron chi connectivity index (χ4n) is 4.54. The smallest absolute Gasteiger partial charge is 0.494 e. The van der Waals surface area contributed by atoms with E-state index in [1.165, 1.54) is 57.8 Å². The number of unbranched alkanes of at least 4 members (excludes halogenated alkanes) is 9. The fourth-order valence-corrected chi connectivity index (χ4v) is 4.54. The largest absolute Gasteiger partial charge is 0.509 e. The van der Waals surface area contributed by atoms with Crippen LogP contribution in [0.1, 0.15) is 90.9 Å². The van der Waals surface area contributed by atoms with Crippen molar-refractivity contribution in [3.8, 4) is 22.6 Å². The van der Waals surface area contributed by atoms with Gasteiger partial charge in [0.1, 0.15) is 24.2 Å². The van der Waals surface area contributed by atoms with Crippen LogP contribution in [0.5, 0.6) is 11.5 Å². The molecule has 1 fully saturated rings. The second kappa shape index (κ2) is 16.1. The summed E-state index contributed by atoms with van der Waals surface area (Å²) in [5, 5.41) is 0. The molecule has 0 saturated carbocycles. The van der Waals surface area contributed by atoms with Crippen molar-refractivity contribution >= 4 is 6.16 Å². The number of ether oxygens (including phenoxy) is 4. The summed E-state index contributed by atoms with van der Waals surface area (Å²) in [6.07, 6.45) is 13.8. The Bertz CT molecular complexity index is 862. The second-order valence-corrected chi connectivity index (χ2v) is 9.74. The number of benzene rings is 2. The van der Waals surface area contributed by atoms with Gasteiger partial charge in [0.15, 0.2) is 6.10 Å².